The van der Waals surface area contributed by atoms with E-state index >= 15 is 0 Å². The minimum absolute atomic E-state index is 0.0938. The Morgan fingerprint density at radius 3 is 2.42 bits per heavy atom. The molecule has 4 heteroatoms. The number of carbonyl (C=O) groups excluding carboxylic acids is 1. The van der Waals surface area contributed by atoms with Gasteiger partial charge < -0.3 is 5.11 Å². The fraction of sp³-hybridized carbons (Fsp3) is 0.875. The molecule has 0 heterocycles. The number of rotatable bonds is 5. The van der Waals surface area contributed by atoms with Gasteiger partial charge in [0, 0.05) is 12.3 Å². The molecule has 72 valence electrons. The maximum Gasteiger partial charge on any atom is 0.270 e. The summed E-state index contributed by atoms with van der Waals surface area (Å²) in [6.45, 7) is 1.84. The van der Waals surface area contributed by atoms with E-state index in [-0.39, 0.29) is 18.1 Å². The van der Waals surface area contributed by atoms with E-state index in [4.69, 9.17) is 5.11 Å². The largest absolute Gasteiger partial charge is 0.390 e. The van der Waals surface area contributed by atoms with Gasteiger partial charge in [-0.1, -0.05) is 6.92 Å². The Kier molecular flexibility index (Phi) is 4.31. The summed E-state index contributed by atoms with van der Waals surface area (Å²) in [5.74, 6) is -3.48. The first kappa shape index (κ1) is 11.5. The molecule has 0 aliphatic carbocycles. The molecule has 1 N–H and O–H groups in total. The van der Waals surface area contributed by atoms with Crippen LogP contribution in [0.15, 0.2) is 0 Å². The molecule has 1 atom stereocenters. The maximum atomic E-state index is 12.4. The van der Waals surface area contributed by atoms with Crippen molar-refractivity contribution in [3.05, 3.63) is 0 Å². The number of alkyl halides is 2. The minimum atomic E-state index is -3.04. The fourth-order valence-corrected chi connectivity index (χ4v) is 0.710. The predicted octanol–water partition coefficient (Wildman–Crippen LogP) is 1.62. The van der Waals surface area contributed by atoms with Crippen molar-refractivity contribution in [2.24, 2.45) is 5.92 Å². The first-order valence-electron chi connectivity index (χ1n) is 3.88. The third-order valence-corrected chi connectivity index (χ3v) is 1.87. The molecule has 2 nitrogen and oxygen atoms in total. The molecule has 0 aromatic rings. The van der Waals surface area contributed by atoms with E-state index in [1.807, 2.05) is 0 Å². The van der Waals surface area contributed by atoms with Crippen LogP contribution in [0.1, 0.15) is 26.7 Å². The summed E-state index contributed by atoms with van der Waals surface area (Å²) in [6, 6.07) is 0. The third kappa shape index (κ3) is 4.38. The molecule has 0 spiro atoms. The molecule has 0 bridgehead atoms. The van der Waals surface area contributed by atoms with Crippen molar-refractivity contribution in [2.45, 2.75) is 32.6 Å². The summed E-state index contributed by atoms with van der Waals surface area (Å²) in [6.07, 6.45) is -0.298. The van der Waals surface area contributed by atoms with Gasteiger partial charge >= 0.3 is 0 Å². The average molecular weight is 180 g/mol. The van der Waals surface area contributed by atoms with E-state index in [2.05, 4.69) is 0 Å². The number of aliphatic hydroxyl groups is 1. The van der Waals surface area contributed by atoms with Crippen molar-refractivity contribution in [3.8, 4) is 0 Å². The standard InChI is InChI=1S/C8H14F2O2/c1-6(7(2)12)3-4-8(9,10)5-11/h6,11H,3-5H2,1-2H3/t6-/m0/s1. The molecular formula is C8H14F2O2. The molecule has 0 aliphatic rings. The zero-order chi connectivity index (χ0) is 9.78. The first-order chi connectivity index (χ1) is 5.39. The lowest BCUT2D eigenvalue weighted by Crippen LogP contribution is -2.23. The highest BCUT2D eigenvalue weighted by molar-refractivity contribution is 5.77. The Hall–Kier alpha value is -0.510. The average Bonchev–Trinajstić information content (AvgIpc) is 2.00. The van der Waals surface area contributed by atoms with Crippen LogP contribution in [0.5, 0.6) is 0 Å². The van der Waals surface area contributed by atoms with Crippen molar-refractivity contribution >= 4 is 5.78 Å². The van der Waals surface area contributed by atoms with Crippen LogP contribution < -0.4 is 0 Å². The number of aliphatic hydroxyl groups excluding tert-OH is 1. The lowest BCUT2D eigenvalue weighted by molar-refractivity contribution is -0.121. The van der Waals surface area contributed by atoms with E-state index in [0.29, 0.717) is 0 Å². The van der Waals surface area contributed by atoms with Crippen LogP contribution in [-0.4, -0.2) is 23.4 Å². The molecule has 0 fully saturated rings. The number of hydrogen-bond acceptors (Lipinski definition) is 2. The van der Waals surface area contributed by atoms with E-state index < -0.39 is 19.0 Å². The molecule has 0 aromatic carbocycles. The number of halogens is 2. The molecule has 0 amide bonds. The molecule has 12 heavy (non-hydrogen) atoms. The van der Waals surface area contributed by atoms with Crippen LogP contribution in [0.2, 0.25) is 0 Å². The number of carbonyl (C=O) groups is 1. The Morgan fingerprint density at radius 2 is 2.08 bits per heavy atom. The molecular weight excluding hydrogens is 166 g/mol. The molecule has 0 aliphatic heterocycles. The monoisotopic (exact) mass is 180 g/mol. The van der Waals surface area contributed by atoms with Gasteiger partial charge in [-0.25, -0.2) is 8.78 Å². The molecule has 0 rings (SSSR count). The van der Waals surface area contributed by atoms with Gasteiger partial charge in [-0.3, -0.25) is 4.79 Å². The van der Waals surface area contributed by atoms with Crippen LogP contribution in [0.25, 0.3) is 0 Å². The topological polar surface area (TPSA) is 37.3 Å². The van der Waals surface area contributed by atoms with E-state index in [1.165, 1.54) is 6.92 Å². The summed E-state index contributed by atoms with van der Waals surface area (Å²) >= 11 is 0. The van der Waals surface area contributed by atoms with Gasteiger partial charge in [0.2, 0.25) is 0 Å². The minimum Gasteiger partial charge on any atom is -0.390 e. The van der Waals surface area contributed by atoms with Crippen molar-refractivity contribution < 1.29 is 18.7 Å². The van der Waals surface area contributed by atoms with E-state index in [1.54, 1.807) is 6.92 Å². The molecule has 0 saturated carbocycles. The van der Waals surface area contributed by atoms with Gasteiger partial charge in [0.15, 0.2) is 0 Å². The Morgan fingerprint density at radius 1 is 1.58 bits per heavy atom. The summed E-state index contributed by atoms with van der Waals surface area (Å²) in [5, 5.41) is 8.21. The lowest BCUT2D eigenvalue weighted by Gasteiger charge is -2.14. The molecule has 0 saturated heterocycles. The SMILES string of the molecule is CC(=O)[C@@H](C)CCC(F)(F)CO. The van der Waals surface area contributed by atoms with Crippen molar-refractivity contribution in [3.63, 3.8) is 0 Å². The summed E-state index contributed by atoms with van der Waals surface area (Å²) < 4.78 is 24.8. The first-order valence-corrected chi connectivity index (χ1v) is 3.88. The summed E-state index contributed by atoms with van der Waals surface area (Å²) in [7, 11) is 0. The van der Waals surface area contributed by atoms with Crippen LogP contribution in [0.4, 0.5) is 8.78 Å². The molecule has 0 radical (unpaired) electrons. The van der Waals surface area contributed by atoms with Crippen molar-refractivity contribution in [1.29, 1.82) is 0 Å². The van der Waals surface area contributed by atoms with Gasteiger partial charge in [-0.2, -0.15) is 0 Å². The number of hydrogen-bond donors (Lipinski definition) is 1. The smallest absolute Gasteiger partial charge is 0.270 e. The Balaban J connectivity index is 3.75. The Bertz CT molecular complexity index is 157. The second-order valence-corrected chi connectivity index (χ2v) is 3.06. The third-order valence-electron chi connectivity index (χ3n) is 1.87. The van der Waals surface area contributed by atoms with Crippen LogP contribution in [-0.2, 0) is 4.79 Å². The van der Waals surface area contributed by atoms with E-state index in [9.17, 15) is 13.6 Å². The summed E-state index contributed by atoms with van der Waals surface area (Å²) in [4.78, 5) is 10.6. The van der Waals surface area contributed by atoms with Crippen molar-refractivity contribution in [1.82, 2.24) is 0 Å². The predicted molar refractivity (Wildman–Crippen MR) is 41.1 cm³/mol. The molecule has 0 unspecified atom stereocenters. The highest BCUT2D eigenvalue weighted by atomic mass is 19.3. The van der Waals surface area contributed by atoms with Crippen LogP contribution >= 0.6 is 0 Å². The van der Waals surface area contributed by atoms with Crippen LogP contribution in [0, 0.1) is 5.92 Å². The second-order valence-electron chi connectivity index (χ2n) is 3.06. The van der Waals surface area contributed by atoms with Gasteiger partial charge in [0.05, 0.1) is 0 Å². The van der Waals surface area contributed by atoms with Crippen LogP contribution in [0.3, 0.4) is 0 Å². The van der Waals surface area contributed by atoms with Gasteiger partial charge in [0.25, 0.3) is 5.92 Å². The second kappa shape index (κ2) is 4.50. The van der Waals surface area contributed by atoms with E-state index in [0.717, 1.165) is 0 Å². The van der Waals surface area contributed by atoms with Gasteiger partial charge in [-0.15, -0.1) is 0 Å². The quantitative estimate of drug-likeness (QED) is 0.698. The lowest BCUT2D eigenvalue weighted by atomic mass is 9.99. The number of Topliss-reactive ketones (excluding diaryl/α,β-unsaturated/α-hetero) is 1. The maximum absolute atomic E-state index is 12.4. The highest BCUT2D eigenvalue weighted by Crippen LogP contribution is 2.22. The highest BCUT2D eigenvalue weighted by Gasteiger charge is 2.28. The van der Waals surface area contributed by atoms with Gasteiger partial charge in [-0.05, 0) is 13.3 Å². The van der Waals surface area contributed by atoms with Gasteiger partial charge in [0.1, 0.15) is 12.4 Å². The fourth-order valence-electron chi connectivity index (χ4n) is 0.710. The summed E-state index contributed by atoms with van der Waals surface area (Å²) in [5.41, 5.74) is 0. The Labute approximate surface area is 70.6 Å². The zero-order valence-electron chi connectivity index (χ0n) is 7.31. The van der Waals surface area contributed by atoms with Crippen molar-refractivity contribution in [2.75, 3.05) is 6.61 Å². The number of ketones is 1. The zero-order valence-corrected chi connectivity index (χ0v) is 7.31. The normalized spacial score (nSPS) is 14.4. The molecule has 0 aromatic heterocycles.